The van der Waals surface area contributed by atoms with Gasteiger partial charge in [0.05, 0.1) is 29.3 Å². The Morgan fingerprint density at radius 1 is 1.20 bits per heavy atom. The van der Waals surface area contributed by atoms with Crippen molar-refractivity contribution in [2.75, 3.05) is 18.2 Å². The minimum Gasteiger partial charge on any atom is -0.323 e. The number of amides is 1. The molecular weight excluding hydrogens is 463 g/mol. The first-order valence-corrected chi connectivity index (χ1v) is 11.5. The van der Waals surface area contributed by atoms with E-state index in [1.807, 2.05) is 24.5 Å². The monoisotopic (exact) mass is 487 g/mol. The molecule has 184 valence electrons. The molecule has 1 N–H and O–H groups in total. The molecule has 2 aromatic heterocycles. The molecule has 5 rings (SSSR count). The van der Waals surface area contributed by atoms with E-state index in [-0.39, 0.29) is 18.2 Å². The molecule has 2 aliphatic heterocycles. The minimum atomic E-state index is -5.22. The van der Waals surface area contributed by atoms with Crippen molar-refractivity contribution in [3.8, 4) is 5.69 Å². The van der Waals surface area contributed by atoms with Gasteiger partial charge in [-0.15, -0.1) is 5.06 Å². The number of imidazole rings is 1. The topological polar surface area (TPSA) is 89.3 Å². The predicted octanol–water partition coefficient (Wildman–Crippen LogP) is 3.92. The molecule has 1 amide bonds. The van der Waals surface area contributed by atoms with Crippen LogP contribution in [0.1, 0.15) is 55.5 Å². The van der Waals surface area contributed by atoms with E-state index < -0.39 is 18.1 Å². The minimum absolute atomic E-state index is 0.0730. The summed E-state index contributed by atoms with van der Waals surface area (Å²) in [6.45, 7) is 6.02. The molecule has 1 saturated heterocycles. The molecule has 1 aromatic carbocycles. The van der Waals surface area contributed by atoms with Crippen LogP contribution in [0.25, 0.3) is 16.7 Å². The van der Waals surface area contributed by atoms with Crippen LogP contribution >= 0.6 is 0 Å². The number of aromatic nitrogens is 3. The van der Waals surface area contributed by atoms with E-state index in [1.54, 1.807) is 6.07 Å². The van der Waals surface area contributed by atoms with Gasteiger partial charge >= 0.3 is 12.1 Å². The lowest BCUT2D eigenvalue weighted by Gasteiger charge is -2.23. The molecule has 0 atom stereocenters. The summed E-state index contributed by atoms with van der Waals surface area (Å²) >= 11 is 0. The van der Waals surface area contributed by atoms with Crippen LogP contribution in [0.15, 0.2) is 30.5 Å². The normalized spacial score (nSPS) is 16.9. The van der Waals surface area contributed by atoms with Crippen LogP contribution in [0.3, 0.4) is 0 Å². The molecule has 1 fully saturated rings. The number of alkyl halides is 3. The first-order valence-electron chi connectivity index (χ1n) is 11.5. The summed E-state index contributed by atoms with van der Waals surface area (Å²) in [6.07, 6.45) is -1.87. The van der Waals surface area contributed by atoms with Gasteiger partial charge in [-0.05, 0) is 55.6 Å². The Bertz CT molecular complexity index is 1310. The predicted molar refractivity (Wildman–Crippen MR) is 121 cm³/mol. The maximum absolute atomic E-state index is 12.6. The number of anilines is 1. The average molecular weight is 487 g/mol. The maximum atomic E-state index is 12.6. The highest BCUT2D eigenvalue weighted by atomic mass is 19.4. The van der Waals surface area contributed by atoms with Crippen LogP contribution in [0, 0.1) is 0 Å². The number of pyridine rings is 1. The van der Waals surface area contributed by atoms with Gasteiger partial charge in [-0.3, -0.25) is 9.36 Å². The Hall–Kier alpha value is -3.47. The van der Waals surface area contributed by atoms with Crippen molar-refractivity contribution in [1.29, 1.82) is 0 Å². The Morgan fingerprint density at radius 3 is 2.63 bits per heavy atom. The van der Waals surface area contributed by atoms with E-state index in [4.69, 9.17) is 4.98 Å². The van der Waals surface area contributed by atoms with Crippen molar-refractivity contribution in [2.45, 2.75) is 51.1 Å². The third-order valence-corrected chi connectivity index (χ3v) is 6.38. The highest BCUT2D eigenvalue weighted by molar-refractivity contribution is 6.00. The van der Waals surface area contributed by atoms with Gasteiger partial charge in [0.15, 0.2) is 5.82 Å². The van der Waals surface area contributed by atoms with E-state index in [1.165, 1.54) is 11.8 Å². The maximum Gasteiger partial charge on any atom is 0.493 e. The lowest BCUT2D eigenvalue weighted by molar-refractivity contribution is -0.201. The van der Waals surface area contributed by atoms with Gasteiger partial charge in [-0.2, -0.15) is 13.2 Å². The molecule has 3 aromatic rings. The zero-order chi connectivity index (χ0) is 24.9. The number of nitrogens with one attached hydrogen (secondary N) is 1. The summed E-state index contributed by atoms with van der Waals surface area (Å²) in [6, 6.07) is 7.94. The average Bonchev–Trinajstić information content (AvgIpc) is 3.35. The van der Waals surface area contributed by atoms with Gasteiger partial charge in [0, 0.05) is 11.5 Å². The molecule has 0 spiro atoms. The van der Waals surface area contributed by atoms with Gasteiger partial charge in [-0.25, -0.2) is 14.8 Å². The number of hydrogen-bond acceptors (Lipinski definition) is 6. The lowest BCUT2D eigenvalue weighted by atomic mass is 9.90. The van der Waals surface area contributed by atoms with Crippen LogP contribution < -0.4 is 10.4 Å². The van der Waals surface area contributed by atoms with E-state index >= 15 is 0 Å². The second kappa shape index (κ2) is 8.63. The number of piperidine rings is 1. The van der Waals surface area contributed by atoms with Crippen molar-refractivity contribution in [1.82, 2.24) is 19.9 Å². The Labute approximate surface area is 199 Å². The molecule has 0 bridgehead atoms. The summed E-state index contributed by atoms with van der Waals surface area (Å²) < 4.78 is 39.8. The molecule has 2 aliphatic rings. The zero-order valence-electron chi connectivity index (χ0n) is 19.2. The SMILES string of the molecule is CC(C)c1nc2cc(C3CCNCC3)ccc2n1-c1cnc2c(c1)CC(=O)N2OC(=O)C(F)(F)F. The van der Waals surface area contributed by atoms with E-state index in [0.717, 1.165) is 42.8 Å². The fourth-order valence-corrected chi connectivity index (χ4v) is 4.69. The quantitative estimate of drug-likeness (QED) is 0.600. The van der Waals surface area contributed by atoms with Gasteiger partial charge in [-0.1, -0.05) is 19.9 Å². The summed E-state index contributed by atoms with van der Waals surface area (Å²) in [5.41, 5.74) is 3.96. The lowest BCUT2D eigenvalue weighted by Crippen LogP contribution is -2.36. The number of hydroxylamine groups is 1. The number of carbonyl (C=O) groups excluding carboxylic acids is 2. The molecular formula is C24H24F3N5O3. The molecule has 0 radical (unpaired) electrons. The molecule has 11 heteroatoms. The van der Waals surface area contributed by atoms with Gasteiger partial charge in [0.25, 0.3) is 5.91 Å². The number of hydrogen-bond donors (Lipinski definition) is 1. The van der Waals surface area contributed by atoms with Crippen molar-refractivity contribution in [3.63, 3.8) is 0 Å². The highest BCUT2D eigenvalue weighted by Gasteiger charge is 2.45. The van der Waals surface area contributed by atoms with E-state index in [9.17, 15) is 22.8 Å². The standard InChI is InChI=1S/C24H24F3N5O3/c1-13(2)21-30-18-10-15(14-5-7-28-8-6-14)3-4-19(18)31(21)17-9-16-11-20(33)32(22(16)29-12-17)35-23(34)24(25,26)27/h3-4,9-10,12-14,28H,5-8,11H2,1-2H3. The van der Waals surface area contributed by atoms with E-state index in [0.29, 0.717) is 22.2 Å². The number of nitrogens with zero attached hydrogens (tertiary/aromatic N) is 4. The van der Waals surface area contributed by atoms with Gasteiger partial charge in [0.2, 0.25) is 0 Å². The molecule has 4 heterocycles. The summed E-state index contributed by atoms with van der Waals surface area (Å²) in [5, 5.41) is 3.69. The number of halogens is 3. The molecule has 35 heavy (non-hydrogen) atoms. The number of benzene rings is 1. The summed E-state index contributed by atoms with van der Waals surface area (Å²) in [5.74, 6) is -2.05. The van der Waals surface area contributed by atoms with Gasteiger partial charge in [0.1, 0.15) is 5.82 Å². The van der Waals surface area contributed by atoms with Crippen molar-refractivity contribution in [2.24, 2.45) is 0 Å². The molecule has 0 saturated carbocycles. The van der Waals surface area contributed by atoms with Crippen molar-refractivity contribution < 1.29 is 27.6 Å². The largest absolute Gasteiger partial charge is 0.493 e. The summed E-state index contributed by atoms with van der Waals surface area (Å²) in [7, 11) is 0. The van der Waals surface area contributed by atoms with Crippen molar-refractivity contribution in [3.05, 3.63) is 47.4 Å². The Morgan fingerprint density at radius 2 is 1.94 bits per heavy atom. The third-order valence-electron chi connectivity index (χ3n) is 6.38. The molecule has 8 nitrogen and oxygen atoms in total. The highest BCUT2D eigenvalue weighted by Crippen LogP contribution is 2.34. The zero-order valence-corrected chi connectivity index (χ0v) is 19.2. The number of carbonyl (C=O) groups is 2. The van der Waals surface area contributed by atoms with Crippen LogP contribution in [-0.4, -0.2) is 45.7 Å². The molecule has 0 unspecified atom stereocenters. The van der Waals surface area contributed by atoms with E-state index in [2.05, 4.69) is 27.3 Å². The van der Waals surface area contributed by atoms with Crippen LogP contribution in [-0.2, 0) is 20.8 Å². The fourth-order valence-electron chi connectivity index (χ4n) is 4.69. The summed E-state index contributed by atoms with van der Waals surface area (Å²) in [4.78, 5) is 36.9. The third kappa shape index (κ3) is 4.24. The fraction of sp³-hybridized carbons (Fsp3) is 0.417. The molecule has 0 aliphatic carbocycles. The second-order valence-electron chi connectivity index (χ2n) is 9.15. The second-order valence-corrected chi connectivity index (χ2v) is 9.15. The number of fused-ring (bicyclic) bond motifs is 2. The van der Waals surface area contributed by atoms with Gasteiger partial charge < -0.3 is 10.2 Å². The van der Waals surface area contributed by atoms with Crippen LogP contribution in [0.5, 0.6) is 0 Å². The van der Waals surface area contributed by atoms with Crippen LogP contribution in [0.2, 0.25) is 0 Å². The number of rotatable bonds is 4. The first kappa shape index (κ1) is 23.3. The smallest absolute Gasteiger partial charge is 0.323 e. The van der Waals surface area contributed by atoms with Crippen LogP contribution in [0.4, 0.5) is 19.0 Å². The van der Waals surface area contributed by atoms with Crippen molar-refractivity contribution >= 4 is 28.7 Å². The Kier molecular flexibility index (Phi) is 5.74. The Balaban J connectivity index is 1.53. The first-order chi connectivity index (χ1) is 16.6.